The van der Waals surface area contributed by atoms with Gasteiger partial charge in [-0.15, -0.1) is 0 Å². The van der Waals surface area contributed by atoms with Gasteiger partial charge in [0.15, 0.2) is 5.60 Å². The molecule has 0 aromatic heterocycles. The molecule has 5 nitrogen and oxygen atoms in total. The molecule has 0 radical (unpaired) electrons. The third kappa shape index (κ3) is 5.74. The highest BCUT2D eigenvalue weighted by Gasteiger charge is 2.42. The van der Waals surface area contributed by atoms with Gasteiger partial charge in [0.05, 0.1) is 7.11 Å². The van der Waals surface area contributed by atoms with E-state index in [4.69, 9.17) is 9.47 Å². The first-order valence-electron chi connectivity index (χ1n) is 12.1. The van der Waals surface area contributed by atoms with Gasteiger partial charge in [0.1, 0.15) is 11.6 Å². The lowest BCUT2D eigenvalue weighted by Gasteiger charge is -2.28. The van der Waals surface area contributed by atoms with E-state index < -0.39 is 5.60 Å². The molecule has 2 fully saturated rings. The van der Waals surface area contributed by atoms with Crippen molar-refractivity contribution in [3.63, 3.8) is 0 Å². The van der Waals surface area contributed by atoms with Crippen molar-refractivity contribution in [2.45, 2.75) is 44.6 Å². The zero-order chi connectivity index (χ0) is 23.3. The number of amides is 1. The smallest absolute Gasteiger partial charge is 0.252 e. The van der Waals surface area contributed by atoms with Crippen molar-refractivity contribution in [1.82, 2.24) is 10.2 Å². The summed E-state index contributed by atoms with van der Waals surface area (Å²) in [6, 6.07) is 12.4. The summed E-state index contributed by atoms with van der Waals surface area (Å²) in [6.07, 6.45) is 4.69. The third-order valence-corrected chi connectivity index (χ3v) is 6.81. The molecule has 178 valence electrons. The van der Waals surface area contributed by atoms with E-state index in [0.29, 0.717) is 36.8 Å². The van der Waals surface area contributed by atoms with E-state index in [-0.39, 0.29) is 11.7 Å². The average molecular weight is 455 g/mol. The number of halogens is 1. The first-order chi connectivity index (χ1) is 16.0. The van der Waals surface area contributed by atoms with Gasteiger partial charge in [-0.2, -0.15) is 0 Å². The summed E-state index contributed by atoms with van der Waals surface area (Å²) >= 11 is 0. The molecule has 0 spiro atoms. The number of nitrogens with zero attached hydrogens (tertiary/aromatic N) is 1. The molecule has 2 aliphatic rings. The van der Waals surface area contributed by atoms with Crippen LogP contribution in [0.4, 0.5) is 4.39 Å². The van der Waals surface area contributed by atoms with Crippen LogP contribution >= 0.6 is 0 Å². The molecule has 33 heavy (non-hydrogen) atoms. The predicted molar refractivity (Wildman–Crippen MR) is 128 cm³/mol. The summed E-state index contributed by atoms with van der Waals surface area (Å²) in [5, 5.41) is 3.17. The van der Waals surface area contributed by atoms with Gasteiger partial charge in [-0.3, -0.25) is 4.79 Å². The number of carbonyl (C=O) groups excluding carboxylic acids is 1. The van der Waals surface area contributed by atoms with Crippen LogP contribution in [0.25, 0.3) is 11.1 Å². The Morgan fingerprint density at radius 3 is 2.61 bits per heavy atom. The van der Waals surface area contributed by atoms with E-state index >= 15 is 0 Å². The molecule has 6 heteroatoms. The first kappa shape index (κ1) is 23.7. The normalized spacial score (nSPS) is 21.8. The summed E-state index contributed by atoms with van der Waals surface area (Å²) < 4.78 is 25.2. The number of methoxy groups -OCH3 is 1. The lowest BCUT2D eigenvalue weighted by molar-refractivity contribution is -0.141. The molecule has 2 aromatic rings. The Morgan fingerprint density at radius 2 is 1.94 bits per heavy atom. The van der Waals surface area contributed by atoms with Gasteiger partial charge < -0.3 is 19.7 Å². The number of ether oxygens (including phenoxy) is 2. The van der Waals surface area contributed by atoms with Crippen molar-refractivity contribution in [3.05, 3.63) is 53.8 Å². The van der Waals surface area contributed by atoms with Gasteiger partial charge in [-0.25, -0.2) is 4.39 Å². The topological polar surface area (TPSA) is 50.8 Å². The first-order valence-corrected chi connectivity index (χ1v) is 12.1. The molecule has 0 bridgehead atoms. The minimum absolute atomic E-state index is 0.0100. The van der Waals surface area contributed by atoms with Crippen LogP contribution in [0.15, 0.2) is 42.5 Å². The van der Waals surface area contributed by atoms with Gasteiger partial charge in [-0.05, 0) is 74.0 Å². The Bertz CT molecular complexity index is 935. The van der Waals surface area contributed by atoms with Crippen LogP contribution in [0.1, 0.15) is 38.2 Å². The second-order valence-electron chi connectivity index (χ2n) is 9.49. The van der Waals surface area contributed by atoms with Gasteiger partial charge in [0.2, 0.25) is 0 Å². The summed E-state index contributed by atoms with van der Waals surface area (Å²) in [6.45, 7) is 6.83. The fourth-order valence-corrected chi connectivity index (χ4v) is 5.03. The van der Waals surface area contributed by atoms with Crippen LogP contribution in [0, 0.1) is 11.7 Å². The SMILES string of the molecule is COc1ccc(F)cc1-c1ccc(CC2(C(=O)NCC(C)CN3CCCC3)CCCO2)cc1. The van der Waals surface area contributed by atoms with E-state index in [1.807, 2.05) is 24.3 Å². The van der Waals surface area contributed by atoms with Crippen LogP contribution in [0.3, 0.4) is 0 Å². The van der Waals surface area contributed by atoms with E-state index in [9.17, 15) is 9.18 Å². The second-order valence-corrected chi connectivity index (χ2v) is 9.49. The lowest BCUT2D eigenvalue weighted by atomic mass is 9.89. The Balaban J connectivity index is 1.41. The van der Waals surface area contributed by atoms with Crippen LogP contribution in [-0.4, -0.2) is 56.3 Å². The average Bonchev–Trinajstić information content (AvgIpc) is 3.51. The predicted octanol–water partition coefficient (Wildman–Crippen LogP) is 4.44. The summed E-state index contributed by atoms with van der Waals surface area (Å²) in [4.78, 5) is 15.7. The molecule has 1 amide bonds. The second kappa shape index (κ2) is 10.7. The summed E-state index contributed by atoms with van der Waals surface area (Å²) in [5.74, 6) is 0.723. The number of benzene rings is 2. The summed E-state index contributed by atoms with van der Waals surface area (Å²) in [5.41, 5.74) is 1.79. The Morgan fingerprint density at radius 1 is 1.18 bits per heavy atom. The Kier molecular flexibility index (Phi) is 7.66. The molecular formula is C27H35FN2O3. The number of hydrogen-bond donors (Lipinski definition) is 1. The molecule has 2 unspecified atom stereocenters. The zero-order valence-corrected chi connectivity index (χ0v) is 19.7. The lowest BCUT2D eigenvalue weighted by Crippen LogP contribution is -2.49. The molecule has 2 heterocycles. The standard InChI is InChI=1S/C27H35FN2O3/c1-20(19-30-13-3-4-14-30)18-29-26(31)27(12-5-15-33-27)17-21-6-8-22(9-7-21)24-16-23(28)10-11-25(24)32-2/h6-11,16,20H,3-5,12-15,17-19H2,1-2H3,(H,29,31). The molecule has 2 saturated heterocycles. The van der Waals surface area contributed by atoms with Gasteiger partial charge in [0, 0.05) is 31.7 Å². The molecule has 2 atom stereocenters. The fourth-order valence-electron chi connectivity index (χ4n) is 5.03. The highest BCUT2D eigenvalue weighted by atomic mass is 19.1. The Hall–Kier alpha value is -2.44. The van der Waals surface area contributed by atoms with Crippen molar-refractivity contribution in [2.75, 3.05) is 39.9 Å². The highest BCUT2D eigenvalue weighted by Crippen LogP contribution is 2.33. The van der Waals surface area contributed by atoms with E-state index in [2.05, 4.69) is 17.1 Å². The zero-order valence-electron chi connectivity index (χ0n) is 19.7. The molecule has 0 aliphatic carbocycles. The van der Waals surface area contributed by atoms with E-state index in [1.165, 1.54) is 38.1 Å². The maximum Gasteiger partial charge on any atom is 0.252 e. The third-order valence-electron chi connectivity index (χ3n) is 6.81. The number of rotatable bonds is 9. The highest BCUT2D eigenvalue weighted by molar-refractivity contribution is 5.86. The number of carbonyl (C=O) groups is 1. The molecule has 2 aliphatic heterocycles. The van der Waals surface area contributed by atoms with Crippen molar-refractivity contribution in [2.24, 2.45) is 5.92 Å². The molecule has 2 aromatic carbocycles. The number of hydrogen-bond acceptors (Lipinski definition) is 4. The van der Waals surface area contributed by atoms with Crippen molar-refractivity contribution in [3.8, 4) is 16.9 Å². The fraction of sp³-hybridized carbons (Fsp3) is 0.519. The van der Waals surface area contributed by atoms with Crippen LogP contribution < -0.4 is 10.1 Å². The quantitative estimate of drug-likeness (QED) is 0.609. The van der Waals surface area contributed by atoms with Crippen molar-refractivity contribution < 1.29 is 18.7 Å². The van der Waals surface area contributed by atoms with Crippen LogP contribution in [0.2, 0.25) is 0 Å². The minimum atomic E-state index is -0.814. The van der Waals surface area contributed by atoms with E-state index in [0.717, 1.165) is 30.5 Å². The maximum absolute atomic E-state index is 13.8. The van der Waals surface area contributed by atoms with Crippen LogP contribution in [0.5, 0.6) is 5.75 Å². The van der Waals surface area contributed by atoms with Crippen molar-refractivity contribution in [1.29, 1.82) is 0 Å². The number of likely N-dealkylation sites (tertiary alicyclic amines) is 1. The van der Waals surface area contributed by atoms with Crippen LogP contribution in [-0.2, 0) is 16.0 Å². The minimum Gasteiger partial charge on any atom is -0.496 e. The van der Waals surface area contributed by atoms with Crippen molar-refractivity contribution >= 4 is 5.91 Å². The van der Waals surface area contributed by atoms with Gasteiger partial charge in [-0.1, -0.05) is 31.2 Å². The largest absolute Gasteiger partial charge is 0.496 e. The van der Waals surface area contributed by atoms with Gasteiger partial charge >= 0.3 is 0 Å². The number of nitrogens with one attached hydrogen (secondary N) is 1. The van der Waals surface area contributed by atoms with Gasteiger partial charge in [0.25, 0.3) is 5.91 Å². The summed E-state index contributed by atoms with van der Waals surface area (Å²) in [7, 11) is 1.58. The molecular weight excluding hydrogens is 419 g/mol. The van der Waals surface area contributed by atoms with E-state index in [1.54, 1.807) is 13.2 Å². The molecule has 1 N–H and O–H groups in total. The molecule has 0 saturated carbocycles. The Labute approximate surface area is 196 Å². The monoisotopic (exact) mass is 454 g/mol. The maximum atomic E-state index is 13.8. The molecule has 4 rings (SSSR count).